The molecule has 2 heterocycles. The van der Waals surface area contributed by atoms with Crippen LogP contribution >= 0.6 is 0 Å². The summed E-state index contributed by atoms with van der Waals surface area (Å²) in [5.41, 5.74) is 9.27. The number of nitrogens with two attached hydrogens (primary N) is 1. The molecule has 0 amide bonds. The number of aryl methyl sites for hydroxylation is 1. The predicted molar refractivity (Wildman–Crippen MR) is 58.1 cm³/mol. The summed E-state index contributed by atoms with van der Waals surface area (Å²) in [6.07, 6.45) is 4.77. The van der Waals surface area contributed by atoms with Crippen LogP contribution in [0.4, 0.5) is 0 Å². The van der Waals surface area contributed by atoms with E-state index < -0.39 is 0 Å². The Bertz CT molecular complexity index is 445. The van der Waals surface area contributed by atoms with Crippen molar-refractivity contribution in [2.45, 2.75) is 26.3 Å². The van der Waals surface area contributed by atoms with Gasteiger partial charge >= 0.3 is 0 Å². The van der Waals surface area contributed by atoms with E-state index in [0.717, 1.165) is 17.5 Å². The summed E-state index contributed by atoms with van der Waals surface area (Å²) in [5, 5.41) is 1.15. The molecule has 2 aromatic rings. The first-order valence-corrected chi connectivity index (χ1v) is 4.91. The molecule has 0 spiro atoms. The Labute approximate surface area is 83.3 Å². The zero-order valence-electron chi connectivity index (χ0n) is 8.54. The molecule has 3 heteroatoms. The fourth-order valence-electron chi connectivity index (χ4n) is 1.65. The molecule has 2 rings (SSSR count). The Hall–Kier alpha value is -1.35. The van der Waals surface area contributed by atoms with Crippen molar-refractivity contribution in [3.8, 4) is 0 Å². The first-order chi connectivity index (χ1) is 6.72. The van der Waals surface area contributed by atoms with Crippen molar-refractivity contribution in [3.63, 3.8) is 0 Å². The van der Waals surface area contributed by atoms with Gasteiger partial charge < -0.3 is 10.7 Å². The zero-order chi connectivity index (χ0) is 10.1. The van der Waals surface area contributed by atoms with Crippen LogP contribution in [-0.4, -0.2) is 9.97 Å². The van der Waals surface area contributed by atoms with E-state index in [0.29, 0.717) is 0 Å². The standard InChI is InChI=1S/C11H15N3/c1-3-10(12)9-6-14-11-8(9)4-7(2)5-13-11/h4-6,10H,3,12H2,1-2H3,(H,13,14). The van der Waals surface area contributed by atoms with E-state index >= 15 is 0 Å². The number of hydrogen-bond acceptors (Lipinski definition) is 2. The smallest absolute Gasteiger partial charge is 0.137 e. The third-order valence-corrected chi connectivity index (χ3v) is 2.54. The molecule has 0 aliphatic heterocycles. The quantitative estimate of drug-likeness (QED) is 0.761. The highest BCUT2D eigenvalue weighted by molar-refractivity contribution is 5.80. The van der Waals surface area contributed by atoms with Gasteiger partial charge in [-0.2, -0.15) is 0 Å². The van der Waals surface area contributed by atoms with Crippen LogP contribution in [0.5, 0.6) is 0 Å². The van der Waals surface area contributed by atoms with Crippen LogP contribution in [0.3, 0.4) is 0 Å². The van der Waals surface area contributed by atoms with Gasteiger partial charge in [0.1, 0.15) is 5.65 Å². The van der Waals surface area contributed by atoms with Crippen LogP contribution in [0.15, 0.2) is 18.5 Å². The molecule has 0 aliphatic rings. The number of pyridine rings is 1. The minimum Gasteiger partial charge on any atom is -0.346 e. The number of rotatable bonds is 2. The maximum atomic E-state index is 6.01. The molecule has 0 aliphatic carbocycles. The summed E-state index contributed by atoms with van der Waals surface area (Å²) in [4.78, 5) is 7.45. The van der Waals surface area contributed by atoms with Gasteiger partial charge in [-0.3, -0.25) is 0 Å². The van der Waals surface area contributed by atoms with Crippen LogP contribution in [0.2, 0.25) is 0 Å². The number of aromatic amines is 1. The van der Waals surface area contributed by atoms with E-state index in [1.54, 1.807) is 0 Å². The van der Waals surface area contributed by atoms with Gasteiger partial charge in [-0.25, -0.2) is 4.98 Å². The van der Waals surface area contributed by atoms with Gasteiger partial charge in [-0.15, -0.1) is 0 Å². The molecule has 1 unspecified atom stereocenters. The van der Waals surface area contributed by atoms with Gasteiger partial charge in [-0.05, 0) is 30.5 Å². The summed E-state index contributed by atoms with van der Waals surface area (Å²) < 4.78 is 0. The van der Waals surface area contributed by atoms with E-state index in [1.165, 1.54) is 11.1 Å². The summed E-state index contributed by atoms with van der Waals surface area (Å²) in [7, 11) is 0. The lowest BCUT2D eigenvalue weighted by atomic mass is 10.1. The number of H-pyrrole nitrogens is 1. The molecule has 0 saturated heterocycles. The van der Waals surface area contributed by atoms with Crippen LogP contribution in [0.1, 0.15) is 30.5 Å². The highest BCUT2D eigenvalue weighted by Gasteiger charge is 2.10. The van der Waals surface area contributed by atoms with Gasteiger partial charge in [-0.1, -0.05) is 6.92 Å². The summed E-state index contributed by atoms with van der Waals surface area (Å²) in [6, 6.07) is 2.23. The average molecular weight is 189 g/mol. The van der Waals surface area contributed by atoms with Crippen LogP contribution in [0.25, 0.3) is 11.0 Å². The predicted octanol–water partition coefficient (Wildman–Crippen LogP) is 2.28. The van der Waals surface area contributed by atoms with Gasteiger partial charge in [0.2, 0.25) is 0 Å². The first kappa shape index (κ1) is 9.21. The van der Waals surface area contributed by atoms with E-state index in [9.17, 15) is 0 Å². The lowest BCUT2D eigenvalue weighted by Gasteiger charge is -2.06. The van der Waals surface area contributed by atoms with Crippen LogP contribution in [-0.2, 0) is 0 Å². The molecule has 2 aromatic heterocycles. The Kier molecular flexibility index (Phi) is 2.25. The summed E-state index contributed by atoms with van der Waals surface area (Å²) >= 11 is 0. The van der Waals surface area contributed by atoms with Gasteiger partial charge in [0, 0.05) is 23.8 Å². The minimum atomic E-state index is 0.104. The molecule has 14 heavy (non-hydrogen) atoms. The number of nitrogens with zero attached hydrogens (tertiary/aromatic N) is 1. The zero-order valence-corrected chi connectivity index (χ0v) is 8.54. The van der Waals surface area contributed by atoms with Crippen LogP contribution in [0, 0.1) is 6.92 Å². The second-order valence-electron chi connectivity index (χ2n) is 3.67. The number of nitrogens with one attached hydrogen (secondary N) is 1. The molecule has 1 atom stereocenters. The summed E-state index contributed by atoms with van der Waals surface area (Å²) in [5.74, 6) is 0. The minimum absolute atomic E-state index is 0.104. The largest absolute Gasteiger partial charge is 0.346 e. The van der Waals surface area contributed by atoms with Gasteiger partial charge in [0.25, 0.3) is 0 Å². The Balaban J connectivity index is 2.61. The Morgan fingerprint density at radius 3 is 3.07 bits per heavy atom. The monoisotopic (exact) mass is 189 g/mol. The fourth-order valence-corrected chi connectivity index (χ4v) is 1.65. The molecule has 0 aromatic carbocycles. The lowest BCUT2D eigenvalue weighted by molar-refractivity contribution is 0.704. The topological polar surface area (TPSA) is 54.7 Å². The second kappa shape index (κ2) is 3.42. The number of hydrogen-bond donors (Lipinski definition) is 2. The molecule has 0 bridgehead atoms. The third-order valence-electron chi connectivity index (χ3n) is 2.54. The van der Waals surface area contributed by atoms with Crippen molar-refractivity contribution >= 4 is 11.0 Å². The number of fused-ring (bicyclic) bond motifs is 1. The van der Waals surface area contributed by atoms with Crippen molar-refractivity contribution in [1.29, 1.82) is 0 Å². The van der Waals surface area contributed by atoms with E-state index in [-0.39, 0.29) is 6.04 Å². The molecule has 3 N–H and O–H groups in total. The van der Waals surface area contributed by atoms with Crippen molar-refractivity contribution in [3.05, 3.63) is 29.6 Å². The van der Waals surface area contributed by atoms with E-state index in [1.807, 2.05) is 19.3 Å². The third kappa shape index (κ3) is 1.40. The molecule has 74 valence electrons. The van der Waals surface area contributed by atoms with Crippen LogP contribution < -0.4 is 5.73 Å². The highest BCUT2D eigenvalue weighted by Crippen LogP contribution is 2.23. The highest BCUT2D eigenvalue weighted by atomic mass is 14.8. The maximum absolute atomic E-state index is 6.01. The van der Waals surface area contributed by atoms with Crippen molar-refractivity contribution in [1.82, 2.24) is 9.97 Å². The maximum Gasteiger partial charge on any atom is 0.137 e. The normalized spacial score (nSPS) is 13.4. The Morgan fingerprint density at radius 2 is 2.36 bits per heavy atom. The fraction of sp³-hybridized carbons (Fsp3) is 0.364. The molecule has 0 fully saturated rings. The Morgan fingerprint density at radius 1 is 1.57 bits per heavy atom. The van der Waals surface area contributed by atoms with Gasteiger partial charge in [0.15, 0.2) is 0 Å². The van der Waals surface area contributed by atoms with E-state index in [4.69, 9.17) is 5.73 Å². The molecule has 0 radical (unpaired) electrons. The average Bonchev–Trinajstić information content (AvgIpc) is 2.59. The van der Waals surface area contributed by atoms with Crippen molar-refractivity contribution in [2.75, 3.05) is 0 Å². The second-order valence-corrected chi connectivity index (χ2v) is 3.67. The first-order valence-electron chi connectivity index (χ1n) is 4.91. The van der Waals surface area contributed by atoms with E-state index in [2.05, 4.69) is 23.0 Å². The van der Waals surface area contributed by atoms with Crippen molar-refractivity contribution in [2.24, 2.45) is 5.73 Å². The molecular weight excluding hydrogens is 174 g/mol. The molecule has 0 saturated carbocycles. The molecule has 3 nitrogen and oxygen atoms in total. The summed E-state index contributed by atoms with van der Waals surface area (Å²) in [6.45, 7) is 4.13. The SMILES string of the molecule is CCC(N)c1c[nH]c2ncc(C)cc12. The van der Waals surface area contributed by atoms with Gasteiger partial charge in [0.05, 0.1) is 0 Å². The molecular formula is C11H15N3. The lowest BCUT2D eigenvalue weighted by Crippen LogP contribution is -2.07. The van der Waals surface area contributed by atoms with Crippen molar-refractivity contribution < 1.29 is 0 Å². The number of aromatic nitrogens is 2.